The molecule has 0 amide bonds. The van der Waals surface area contributed by atoms with Gasteiger partial charge < -0.3 is 4.98 Å². The SMILES string of the molecule is CCCn1c(=O)[nH]c2ccc(Cl)cc2c1=O. The summed E-state index contributed by atoms with van der Waals surface area (Å²) < 4.78 is 1.19. The Hall–Kier alpha value is -1.55. The second-order valence-corrected chi connectivity index (χ2v) is 4.01. The molecule has 2 aromatic rings. The maximum absolute atomic E-state index is 12.0. The highest BCUT2D eigenvalue weighted by atomic mass is 35.5. The smallest absolute Gasteiger partial charge is 0.307 e. The minimum absolute atomic E-state index is 0.289. The minimum atomic E-state index is -0.373. The number of benzene rings is 1. The van der Waals surface area contributed by atoms with Crippen LogP contribution in [0.2, 0.25) is 5.02 Å². The fourth-order valence-electron chi connectivity index (χ4n) is 1.65. The molecule has 0 radical (unpaired) electrons. The molecule has 1 heterocycles. The lowest BCUT2D eigenvalue weighted by Gasteiger charge is -2.04. The van der Waals surface area contributed by atoms with Gasteiger partial charge in [0.2, 0.25) is 0 Å². The van der Waals surface area contributed by atoms with Gasteiger partial charge >= 0.3 is 5.69 Å². The van der Waals surface area contributed by atoms with Crippen LogP contribution in [0.3, 0.4) is 0 Å². The maximum atomic E-state index is 12.0. The van der Waals surface area contributed by atoms with Crippen LogP contribution in [0, 0.1) is 0 Å². The molecule has 2 rings (SSSR count). The van der Waals surface area contributed by atoms with E-state index >= 15 is 0 Å². The molecule has 0 saturated heterocycles. The molecule has 0 saturated carbocycles. The van der Waals surface area contributed by atoms with Gasteiger partial charge in [-0.1, -0.05) is 18.5 Å². The standard InChI is InChI=1S/C11H11ClN2O2/c1-2-5-14-10(15)8-6-7(12)3-4-9(8)13-11(14)16/h3-4,6H,2,5H2,1H3,(H,13,16). The molecule has 5 heteroatoms. The van der Waals surface area contributed by atoms with E-state index in [4.69, 9.17) is 11.6 Å². The van der Waals surface area contributed by atoms with Crippen molar-refractivity contribution in [3.63, 3.8) is 0 Å². The van der Waals surface area contributed by atoms with E-state index in [1.807, 2.05) is 6.92 Å². The molecule has 0 atom stereocenters. The number of H-pyrrole nitrogens is 1. The number of halogens is 1. The molecule has 0 fully saturated rings. The predicted molar refractivity (Wildman–Crippen MR) is 64.1 cm³/mol. The van der Waals surface area contributed by atoms with Gasteiger partial charge in [-0.15, -0.1) is 0 Å². The van der Waals surface area contributed by atoms with Crippen molar-refractivity contribution in [2.45, 2.75) is 19.9 Å². The monoisotopic (exact) mass is 238 g/mol. The van der Waals surface area contributed by atoms with Crippen molar-refractivity contribution in [1.29, 1.82) is 0 Å². The topological polar surface area (TPSA) is 54.9 Å². The molecule has 1 aromatic carbocycles. The van der Waals surface area contributed by atoms with E-state index in [-0.39, 0.29) is 11.2 Å². The van der Waals surface area contributed by atoms with Crippen molar-refractivity contribution in [3.05, 3.63) is 44.1 Å². The number of nitrogens with one attached hydrogen (secondary N) is 1. The molecule has 0 aliphatic rings. The third-order valence-corrected chi connectivity index (χ3v) is 2.63. The Morgan fingerprint density at radius 3 is 2.81 bits per heavy atom. The molecule has 0 aliphatic heterocycles. The van der Waals surface area contributed by atoms with Crippen LogP contribution in [0.25, 0.3) is 10.9 Å². The van der Waals surface area contributed by atoms with Crippen molar-refractivity contribution in [3.8, 4) is 0 Å². The molecule has 0 spiro atoms. The Kier molecular flexibility index (Phi) is 2.83. The molecule has 1 aromatic heterocycles. The summed E-state index contributed by atoms with van der Waals surface area (Å²) in [5.74, 6) is 0. The van der Waals surface area contributed by atoms with Gasteiger partial charge in [-0.3, -0.25) is 9.36 Å². The summed E-state index contributed by atoms with van der Waals surface area (Å²) >= 11 is 5.82. The zero-order valence-electron chi connectivity index (χ0n) is 8.79. The average Bonchev–Trinajstić information content (AvgIpc) is 2.26. The van der Waals surface area contributed by atoms with Crippen molar-refractivity contribution in [2.24, 2.45) is 0 Å². The van der Waals surface area contributed by atoms with Crippen LogP contribution < -0.4 is 11.2 Å². The van der Waals surface area contributed by atoms with Crippen LogP contribution >= 0.6 is 11.6 Å². The Morgan fingerprint density at radius 1 is 1.38 bits per heavy atom. The number of fused-ring (bicyclic) bond motifs is 1. The van der Waals surface area contributed by atoms with Gasteiger partial charge in [-0.2, -0.15) is 0 Å². The van der Waals surface area contributed by atoms with Crippen molar-refractivity contribution in [2.75, 3.05) is 0 Å². The van der Waals surface area contributed by atoms with Gasteiger partial charge in [0.1, 0.15) is 0 Å². The number of nitrogens with zero attached hydrogens (tertiary/aromatic N) is 1. The Morgan fingerprint density at radius 2 is 2.12 bits per heavy atom. The zero-order chi connectivity index (χ0) is 11.7. The molecule has 16 heavy (non-hydrogen) atoms. The summed E-state index contributed by atoms with van der Waals surface area (Å²) in [5.41, 5.74) is -0.142. The number of rotatable bonds is 2. The van der Waals surface area contributed by atoms with Gasteiger partial charge in [0.15, 0.2) is 0 Å². The summed E-state index contributed by atoms with van der Waals surface area (Å²) in [4.78, 5) is 26.2. The van der Waals surface area contributed by atoms with Crippen LogP contribution in [0.1, 0.15) is 13.3 Å². The van der Waals surface area contributed by atoms with Crippen LogP contribution in [0.4, 0.5) is 0 Å². The van der Waals surface area contributed by atoms with Gasteiger partial charge in [-0.25, -0.2) is 4.79 Å². The fourth-order valence-corrected chi connectivity index (χ4v) is 1.82. The first-order valence-corrected chi connectivity index (χ1v) is 5.43. The fraction of sp³-hybridized carbons (Fsp3) is 0.273. The van der Waals surface area contributed by atoms with Crippen LogP contribution in [0.5, 0.6) is 0 Å². The molecule has 1 N–H and O–H groups in total. The second-order valence-electron chi connectivity index (χ2n) is 3.58. The second kappa shape index (κ2) is 4.14. The number of aromatic nitrogens is 2. The molecule has 0 aliphatic carbocycles. The number of hydrogen-bond acceptors (Lipinski definition) is 2. The number of hydrogen-bond donors (Lipinski definition) is 1. The minimum Gasteiger partial charge on any atom is -0.307 e. The van der Waals surface area contributed by atoms with E-state index in [9.17, 15) is 9.59 Å². The van der Waals surface area contributed by atoms with E-state index in [2.05, 4.69) is 4.98 Å². The van der Waals surface area contributed by atoms with Crippen molar-refractivity contribution >= 4 is 22.5 Å². The third kappa shape index (κ3) is 1.76. The van der Waals surface area contributed by atoms with Crippen LogP contribution in [-0.4, -0.2) is 9.55 Å². The molecule has 4 nitrogen and oxygen atoms in total. The summed E-state index contributed by atoms with van der Waals surface area (Å²) in [6.45, 7) is 2.32. The largest absolute Gasteiger partial charge is 0.328 e. The predicted octanol–water partition coefficient (Wildman–Crippen LogP) is 1.75. The molecule has 0 bridgehead atoms. The normalized spacial score (nSPS) is 10.9. The molecule has 84 valence electrons. The van der Waals surface area contributed by atoms with Gasteiger partial charge in [-0.05, 0) is 24.6 Å². The highest BCUT2D eigenvalue weighted by Crippen LogP contribution is 2.13. The third-order valence-electron chi connectivity index (χ3n) is 2.39. The van der Waals surface area contributed by atoms with Crippen molar-refractivity contribution < 1.29 is 0 Å². The lowest BCUT2D eigenvalue weighted by atomic mass is 10.2. The summed E-state index contributed by atoms with van der Waals surface area (Å²) in [6.07, 6.45) is 0.731. The van der Waals surface area contributed by atoms with Gasteiger partial charge in [0.05, 0.1) is 10.9 Å². The maximum Gasteiger partial charge on any atom is 0.328 e. The quantitative estimate of drug-likeness (QED) is 0.867. The van der Waals surface area contributed by atoms with E-state index in [1.165, 1.54) is 4.57 Å². The number of aromatic amines is 1. The van der Waals surface area contributed by atoms with Gasteiger partial charge in [0.25, 0.3) is 5.56 Å². The zero-order valence-corrected chi connectivity index (χ0v) is 9.54. The highest BCUT2D eigenvalue weighted by molar-refractivity contribution is 6.31. The van der Waals surface area contributed by atoms with Gasteiger partial charge in [0, 0.05) is 11.6 Å². The lowest BCUT2D eigenvalue weighted by Crippen LogP contribution is -2.34. The Bertz CT molecular complexity index is 642. The van der Waals surface area contributed by atoms with Crippen LogP contribution in [-0.2, 0) is 6.54 Å². The van der Waals surface area contributed by atoms with E-state index < -0.39 is 0 Å². The Labute approximate surface area is 96.5 Å². The molecular weight excluding hydrogens is 228 g/mol. The highest BCUT2D eigenvalue weighted by Gasteiger charge is 2.06. The molecule has 0 unspecified atom stereocenters. The van der Waals surface area contributed by atoms with Crippen molar-refractivity contribution in [1.82, 2.24) is 9.55 Å². The lowest BCUT2D eigenvalue weighted by molar-refractivity contribution is 0.623. The van der Waals surface area contributed by atoms with E-state index in [1.54, 1.807) is 18.2 Å². The van der Waals surface area contributed by atoms with E-state index in [0.29, 0.717) is 22.5 Å². The first-order valence-electron chi connectivity index (χ1n) is 5.06. The first kappa shape index (κ1) is 11.0. The first-order chi connectivity index (χ1) is 7.63. The van der Waals surface area contributed by atoms with E-state index in [0.717, 1.165) is 6.42 Å². The average molecular weight is 239 g/mol. The summed E-state index contributed by atoms with van der Waals surface area (Å²) in [7, 11) is 0. The van der Waals surface area contributed by atoms with Crippen LogP contribution in [0.15, 0.2) is 27.8 Å². The molecular formula is C11H11ClN2O2. The summed E-state index contributed by atoms with van der Waals surface area (Å²) in [6, 6.07) is 4.85. The Balaban J connectivity index is 2.85. The summed E-state index contributed by atoms with van der Waals surface area (Å²) in [5, 5.41) is 0.931.